The van der Waals surface area contributed by atoms with Crippen LogP contribution >= 0.6 is 0 Å². The molecule has 1 fully saturated rings. The van der Waals surface area contributed by atoms with Gasteiger partial charge in [-0.1, -0.05) is 0 Å². The summed E-state index contributed by atoms with van der Waals surface area (Å²) in [5.41, 5.74) is 0. The average Bonchev–Trinajstić information content (AvgIpc) is 2.61. The molecule has 0 saturated carbocycles. The molecule has 1 heterocycles. The first kappa shape index (κ1) is 19.2. The number of carboxylic acids is 1. The number of benzene rings is 1. The van der Waals surface area contributed by atoms with Gasteiger partial charge in [0.15, 0.2) is 0 Å². The van der Waals surface area contributed by atoms with Gasteiger partial charge in [-0.05, 0) is 44.0 Å². The van der Waals surface area contributed by atoms with Gasteiger partial charge >= 0.3 is 5.97 Å². The lowest BCUT2D eigenvalue weighted by Gasteiger charge is -2.31. The van der Waals surface area contributed by atoms with E-state index in [1.54, 1.807) is 12.1 Å². The molecule has 0 aromatic heterocycles. The summed E-state index contributed by atoms with van der Waals surface area (Å²) < 4.78 is 31.8. The minimum Gasteiger partial charge on any atom is -0.497 e. The number of rotatable bonds is 6. The third-order valence-electron chi connectivity index (χ3n) is 4.18. The number of amides is 1. The van der Waals surface area contributed by atoms with Gasteiger partial charge in [-0.15, -0.1) is 0 Å². The van der Waals surface area contributed by atoms with Crippen molar-refractivity contribution in [2.24, 2.45) is 5.92 Å². The first-order valence-corrected chi connectivity index (χ1v) is 9.37. The summed E-state index contributed by atoms with van der Waals surface area (Å²) in [6.45, 7) is 1.73. The van der Waals surface area contributed by atoms with Gasteiger partial charge in [0.1, 0.15) is 11.8 Å². The summed E-state index contributed by atoms with van der Waals surface area (Å²) in [7, 11) is -2.22. The largest absolute Gasteiger partial charge is 0.497 e. The van der Waals surface area contributed by atoms with E-state index in [0.717, 1.165) is 0 Å². The number of nitrogens with one attached hydrogen (secondary N) is 1. The highest BCUT2D eigenvalue weighted by Crippen LogP contribution is 2.25. The highest BCUT2D eigenvalue weighted by atomic mass is 32.2. The number of carbonyl (C=O) groups excluding carboxylic acids is 1. The van der Waals surface area contributed by atoms with E-state index in [9.17, 15) is 18.0 Å². The lowest BCUT2D eigenvalue weighted by molar-refractivity contribution is -0.142. The molecule has 0 aliphatic carbocycles. The monoisotopic (exact) mass is 370 g/mol. The fraction of sp³-hybridized carbons (Fsp3) is 0.500. The van der Waals surface area contributed by atoms with Crippen LogP contribution in [0.5, 0.6) is 5.75 Å². The summed E-state index contributed by atoms with van der Waals surface area (Å²) >= 11 is 0. The fourth-order valence-corrected chi connectivity index (χ4v) is 4.19. The Hall–Kier alpha value is -2.13. The predicted octanol–water partition coefficient (Wildman–Crippen LogP) is 0.685. The molecule has 1 aromatic rings. The molecule has 2 N–H and O–H groups in total. The van der Waals surface area contributed by atoms with Crippen LogP contribution in [0.15, 0.2) is 29.2 Å². The SMILES string of the molecule is COc1ccc(S(=O)(=O)N2CCC[C@@H](C(=O)N[C@H](C)C(=O)O)C2)cc1. The normalized spacial score (nSPS) is 19.8. The predicted molar refractivity (Wildman–Crippen MR) is 89.7 cm³/mol. The van der Waals surface area contributed by atoms with Crippen LogP contribution in [0.1, 0.15) is 19.8 Å². The quantitative estimate of drug-likeness (QED) is 0.762. The van der Waals surface area contributed by atoms with Crippen molar-refractivity contribution in [3.8, 4) is 5.75 Å². The minimum absolute atomic E-state index is 0.0343. The van der Waals surface area contributed by atoms with Crippen molar-refractivity contribution in [3.63, 3.8) is 0 Å². The van der Waals surface area contributed by atoms with Crippen molar-refractivity contribution in [1.29, 1.82) is 0 Å². The van der Waals surface area contributed by atoms with Gasteiger partial charge in [0, 0.05) is 13.1 Å². The molecule has 0 spiro atoms. The number of nitrogens with zero attached hydrogens (tertiary/aromatic N) is 1. The Morgan fingerprint density at radius 3 is 2.52 bits per heavy atom. The molecule has 1 amide bonds. The highest BCUT2D eigenvalue weighted by molar-refractivity contribution is 7.89. The second kappa shape index (κ2) is 7.83. The molecule has 138 valence electrons. The van der Waals surface area contributed by atoms with Crippen molar-refractivity contribution < 1.29 is 27.9 Å². The zero-order chi connectivity index (χ0) is 18.6. The summed E-state index contributed by atoms with van der Waals surface area (Å²) in [6, 6.07) is 5.04. The lowest BCUT2D eigenvalue weighted by Crippen LogP contribution is -2.48. The molecule has 9 heteroatoms. The molecule has 0 unspecified atom stereocenters. The number of methoxy groups -OCH3 is 1. The molecule has 1 aromatic carbocycles. The van der Waals surface area contributed by atoms with E-state index < -0.39 is 33.9 Å². The first-order valence-electron chi connectivity index (χ1n) is 7.93. The number of aliphatic carboxylic acids is 1. The maximum Gasteiger partial charge on any atom is 0.325 e. The number of carboxylic acid groups (broad SMARTS) is 1. The highest BCUT2D eigenvalue weighted by Gasteiger charge is 2.34. The van der Waals surface area contributed by atoms with Gasteiger partial charge in [0.2, 0.25) is 15.9 Å². The van der Waals surface area contributed by atoms with E-state index in [0.29, 0.717) is 25.1 Å². The number of hydrogen-bond donors (Lipinski definition) is 2. The fourth-order valence-electron chi connectivity index (χ4n) is 2.66. The van der Waals surface area contributed by atoms with Crippen LogP contribution in [0, 0.1) is 5.92 Å². The summed E-state index contributed by atoms with van der Waals surface area (Å²) in [6.07, 6.45) is 1.06. The number of carbonyl (C=O) groups is 2. The van der Waals surface area contributed by atoms with Crippen LogP contribution in [0.3, 0.4) is 0 Å². The summed E-state index contributed by atoms with van der Waals surface area (Å²) in [5, 5.41) is 11.3. The molecule has 8 nitrogen and oxygen atoms in total. The Morgan fingerprint density at radius 2 is 1.96 bits per heavy atom. The Labute approximate surface area is 146 Å². The van der Waals surface area contributed by atoms with E-state index in [4.69, 9.17) is 9.84 Å². The maximum atomic E-state index is 12.7. The number of ether oxygens (including phenoxy) is 1. The van der Waals surface area contributed by atoms with Gasteiger partial charge in [-0.25, -0.2) is 8.42 Å². The van der Waals surface area contributed by atoms with Gasteiger partial charge in [-0.3, -0.25) is 9.59 Å². The van der Waals surface area contributed by atoms with Crippen molar-refractivity contribution in [2.75, 3.05) is 20.2 Å². The molecule has 2 atom stereocenters. The second-order valence-corrected chi connectivity index (χ2v) is 7.88. The topological polar surface area (TPSA) is 113 Å². The number of sulfonamides is 1. The number of piperidine rings is 1. The smallest absolute Gasteiger partial charge is 0.325 e. The zero-order valence-electron chi connectivity index (χ0n) is 14.1. The van der Waals surface area contributed by atoms with Crippen LogP contribution in [0.25, 0.3) is 0 Å². The van der Waals surface area contributed by atoms with Gasteiger partial charge in [-0.2, -0.15) is 4.31 Å². The molecule has 1 saturated heterocycles. The molecule has 1 aliphatic heterocycles. The Balaban J connectivity index is 2.11. The Bertz CT molecular complexity index is 731. The van der Waals surface area contributed by atoms with E-state index in [1.807, 2.05) is 0 Å². The summed E-state index contributed by atoms with van der Waals surface area (Å²) in [5.74, 6) is -1.59. The van der Waals surface area contributed by atoms with Crippen LogP contribution in [0.2, 0.25) is 0 Å². The molecule has 1 aliphatic rings. The molecular formula is C16H22N2O6S. The van der Waals surface area contributed by atoms with E-state index in [-0.39, 0.29) is 11.4 Å². The van der Waals surface area contributed by atoms with Gasteiger partial charge in [0.05, 0.1) is 17.9 Å². The Morgan fingerprint density at radius 1 is 1.32 bits per heavy atom. The molecular weight excluding hydrogens is 348 g/mol. The van der Waals surface area contributed by atoms with Gasteiger partial charge < -0.3 is 15.2 Å². The van der Waals surface area contributed by atoms with Crippen molar-refractivity contribution in [3.05, 3.63) is 24.3 Å². The van der Waals surface area contributed by atoms with Crippen molar-refractivity contribution in [2.45, 2.75) is 30.7 Å². The molecule has 2 rings (SSSR count). The molecule has 0 radical (unpaired) electrons. The third kappa shape index (κ3) is 4.49. The lowest BCUT2D eigenvalue weighted by atomic mass is 9.98. The second-order valence-electron chi connectivity index (χ2n) is 5.95. The van der Waals surface area contributed by atoms with Crippen LogP contribution < -0.4 is 10.1 Å². The third-order valence-corrected chi connectivity index (χ3v) is 6.06. The maximum absolute atomic E-state index is 12.7. The average molecular weight is 370 g/mol. The standard InChI is InChI=1S/C16H22N2O6S/c1-11(16(20)21)17-15(19)12-4-3-9-18(10-12)25(22,23)14-7-5-13(24-2)6-8-14/h5-8,11-12H,3-4,9-10H2,1-2H3,(H,17,19)(H,20,21)/t11-,12-/m1/s1. The van der Waals surface area contributed by atoms with Gasteiger partial charge in [0.25, 0.3) is 0 Å². The van der Waals surface area contributed by atoms with Crippen LogP contribution in [-0.2, 0) is 19.6 Å². The molecule has 25 heavy (non-hydrogen) atoms. The van der Waals surface area contributed by atoms with Crippen molar-refractivity contribution >= 4 is 21.9 Å². The molecule has 0 bridgehead atoms. The van der Waals surface area contributed by atoms with E-state index in [2.05, 4.69) is 5.32 Å². The van der Waals surface area contributed by atoms with Crippen molar-refractivity contribution in [1.82, 2.24) is 9.62 Å². The van der Waals surface area contributed by atoms with E-state index in [1.165, 1.54) is 30.5 Å². The van der Waals surface area contributed by atoms with E-state index >= 15 is 0 Å². The first-order chi connectivity index (χ1) is 11.8. The van der Waals surface area contributed by atoms with Crippen LogP contribution in [0.4, 0.5) is 0 Å². The zero-order valence-corrected chi connectivity index (χ0v) is 15.0. The number of hydrogen-bond acceptors (Lipinski definition) is 5. The van der Waals surface area contributed by atoms with Crippen LogP contribution in [-0.4, -0.2) is 55.9 Å². The Kier molecular flexibility index (Phi) is 6.02. The minimum atomic E-state index is -3.72. The summed E-state index contributed by atoms with van der Waals surface area (Å²) in [4.78, 5) is 23.2.